The number of ether oxygens (including phenoxy) is 1. The number of rotatable bonds is 11. The molecule has 0 radical (unpaired) electrons. The Morgan fingerprint density at radius 1 is 0.921 bits per heavy atom. The molecule has 1 fully saturated rings. The Balaban J connectivity index is 1.09. The maximum Gasteiger partial charge on any atom is 0.411 e. The lowest BCUT2D eigenvalue weighted by Gasteiger charge is -2.33. The first-order chi connectivity index (χ1) is 18.6. The Kier molecular flexibility index (Phi) is 10.0. The van der Waals surface area contributed by atoms with E-state index in [9.17, 15) is 14.4 Å². The zero-order valence-corrected chi connectivity index (χ0v) is 21.6. The van der Waals surface area contributed by atoms with E-state index in [1.54, 1.807) is 24.3 Å². The normalized spacial score (nSPS) is 14.0. The number of carbonyl (C=O) groups is 3. The summed E-state index contributed by atoms with van der Waals surface area (Å²) < 4.78 is 5.14. The molecule has 7 heteroatoms. The topological polar surface area (TPSA) is 87.7 Å². The monoisotopic (exact) mass is 513 g/mol. The molecule has 4 rings (SSSR count). The van der Waals surface area contributed by atoms with Gasteiger partial charge < -0.3 is 15.0 Å². The van der Waals surface area contributed by atoms with Crippen LogP contribution < -0.4 is 10.6 Å². The highest BCUT2D eigenvalue weighted by atomic mass is 16.5. The Hall–Kier alpha value is -3.97. The van der Waals surface area contributed by atoms with Crippen molar-refractivity contribution in [1.82, 2.24) is 10.2 Å². The van der Waals surface area contributed by atoms with Crippen LogP contribution >= 0.6 is 0 Å². The Bertz CT molecular complexity index is 1190. The van der Waals surface area contributed by atoms with E-state index in [0.717, 1.165) is 38.8 Å². The molecule has 2 amide bonds. The van der Waals surface area contributed by atoms with Crippen LogP contribution in [-0.4, -0.2) is 56.0 Å². The van der Waals surface area contributed by atoms with Crippen LogP contribution in [0.5, 0.6) is 0 Å². The standard InChI is InChI=1S/C31H35N3O4/c35-23-24-11-13-27(14-12-24)33-31(37)38-22-6-18-32-30(36)17-21-34-19-15-26(16-20-34)29-10-5-4-9-28(29)25-7-2-1-3-8-25/h1-5,7-14,23,26H,6,15-22H2,(H,32,36)(H,33,37). The highest BCUT2D eigenvalue weighted by molar-refractivity contribution is 5.85. The number of hydrogen-bond acceptors (Lipinski definition) is 5. The molecule has 0 spiro atoms. The molecule has 1 aliphatic heterocycles. The second-order valence-corrected chi connectivity index (χ2v) is 9.52. The number of amides is 2. The lowest BCUT2D eigenvalue weighted by atomic mass is 9.84. The first-order valence-electron chi connectivity index (χ1n) is 13.2. The van der Waals surface area contributed by atoms with Gasteiger partial charge in [-0.15, -0.1) is 0 Å². The molecule has 38 heavy (non-hydrogen) atoms. The van der Waals surface area contributed by atoms with Gasteiger partial charge in [-0.3, -0.25) is 14.9 Å². The molecule has 0 aromatic heterocycles. The highest BCUT2D eigenvalue weighted by Gasteiger charge is 2.23. The Morgan fingerprint density at radius 3 is 2.37 bits per heavy atom. The fourth-order valence-corrected chi connectivity index (χ4v) is 4.81. The zero-order valence-electron chi connectivity index (χ0n) is 21.6. The first-order valence-corrected chi connectivity index (χ1v) is 13.2. The van der Waals surface area contributed by atoms with E-state index in [1.807, 2.05) is 6.07 Å². The van der Waals surface area contributed by atoms with E-state index >= 15 is 0 Å². The van der Waals surface area contributed by atoms with Gasteiger partial charge in [0.05, 0.1) is 6.61 Å². The van der Waals surface area contributed by atoms with Crippen LogP contribution in [0.15, 0.2) is 78.9 Å². The molecular formula is C31H35N3O4. The summed E-state index contributed by atoms with van der Waals surface area (Å²) in [5.41, 5.74) is 5.09. The molecule has 1 saturated heterocycles. The molecule has 3 aromatic rings. The Morgan fingerprint density at radius 2 is 1.63 bits per heavy atom. The molecule has 0 bridgehead atoms. The molecule has 3 aromatic carbocycles. The van der Waals surface area contributed by atoms with Crippen molar-refractivity contribution in [3.63, 3.8) is 0 Å². The maximum atomic E-state index is 12.3. The highest BCUT2D eigenvalue weighted by Crippen LogP contribution is 2.35. The van der Waals surface area contributed by atoms with Gasteiger partial charge in [-0.1, -0.05) is 54.6 Å². The summed E-state index contributed by atoms with van der Waals surface area (Å²) in [7, 11) is 0. The smallest absolute Gasteiger partial charge is 0.411 e. The van der Waals surface area contributed by atoms with Gasteiger partial charge in [0.15, 0.2) is 0 Å². The number of likely N-dealkylation sites (tertiary alicyclic amines) is 1. The molecule has 2 N–H and O–H groups in total. The maximum absolute atomic E-state index is 12.3. The lowest BCUT2D eigenvalue weighted by molar-refractivity contribution is -0.121. The van der Waals surface area contributed by atoms with Crippen LogP contribution in [0.2, 0.25) is 0 Å². The summed E-state index contributed by atoms with van der Waals surface area (Å²) in [4.78, 5) is 37.2. The van der Waals surface area contributed by atoms with E-state index < -0.39 is 6.09 Å². The van der Waals surface area contributed by atoms with Crippen LogP contribution in [0.1, 0.15) is 47.5 Å². The van der Waals surface area contributed by atoms with Crippen molar-refractivity contribution < 1.29 is 19.1 Å². The third-order valence-corrected chi connectivity index (χ3v) is 6.90. The predicted molar refractivity (Wildman–Crippen MR) is 149 cm³/mol. The van der Waals surface area contributed by atoms with Crippen molar-refractivity contribution in [2.24, 2.45) is 0 Å². The molecular weight excluding hydrogens is 478 g/mol. The van der Waals surface area contributed by atoms with Crippen molar-refractivity contribution in [3.05, 3.63) is 90.0 Å². The van der Waals surface area contributed by atoms with Crippen molar-refractivity contribution in [2.75, 3.05) is 38.1 Å². The minimum absolute atomic E-state index is 0.0151. The summed E-state index contributed by atoms with van der Waals surface area (Å²) in [6.45, 7) is 3.39. The lowest BCUT2D eigenvalue weighted by Crippen LogP contribution is -2.36. The number of anilines is 1. The van der Waals surface area contributed by atoms with Crippen molar-refractivity contribution in [1.29, 1.82) is 0 Å². The summed E-state index contributed by atoms with van der Waals surface area (Å²) in [5.74, 6) is 0.547. The van der Waals surface area contributed by atoms with Gasteiger partial charge in [0, 0.05) is 30.8 Å². The fourth-order valence-electron chi connectivity index (χ4n) is 4.81. The van der Waals surface area contributed by atoms with E-state index in [2.05, 4.69) is 64.1 Å². The van der Waals surface area contributed by atoms with Crippen LogP contribution in [0, 0.1) is 0 Å². The number of benzene rings is 3. The summed E-state index contributed by atoms with van der Waals surface area (Å²) in [6.07, 6.45) is 3.35. The average molecular weight is 514 g/mol. The van der Waals surface area contributed by atoms with Crippen molar-refractivity contribution in [3.8, 4) is 11.1 Å². The van der Waals surface area contributed by atoms with Gasteiger partial charge in [-0.05, 0) is 79.2 Å². The number of piperidine rings is 1. The van der Waals surface area contributed by atoms with Crippen molar-refractivity contribution in [2.45, 2.75) is 31.6 Å². The van der Waals surface area contributed by atoms with Crippen LogP contribution in [0.25, 0.3) is 11.1 Å². The summed E-state index contributed by atoms with van der Waals surface area (Å²) in [6, 6.07) is 25.8. The number of nitrogens with zero attached hydrogens (tertiary/aromatic N) is 1. The van der Waals surface area contributed by atoms with Crippen molar-refractivity contribution >= 4 is 24.0 Å². The Labute approximate surface area is 224 Å². The SMILES string of the molecule is O=Cc1ccc(NC(=O)OCCCNC(=O)CCN2CCC(c3ccccc3-c3ccccc3)CC2)cc1. The van der Waals surface area contributed by atoms with E-state index in [-0.39, 0.29) is 12.5 Å². The molecule has 0 aliphatic carbocycles. The summed E-state index contributed by atoms with van der Waals surface area (Å²) >= 11 is 0. The molecule has 198 valence electrons. The third kappa shape index (κ3) is 8.02. The van der Waals surface area contributed by atoms with Gasteiger partial charge >= 0.3 is 6.09 Å². The minimum atomic E-state index is -0.565. The number of carbonyl (C=O) groups excluding carboxylic acids is 3. The van der Waals surface area contributed by atoms with E-state index in [4.69, 9.17) is 4.74 Å². The van der Waals surface area contributed by atoms with Gasteiger partial charge in [0.2, 0.25) is 5.91 Å². The first kappa shape index (κ1) is 27.1. The van der Waals surface area contributed by atoms with E-state index in [0.29, 0.717) is 36.6 Å². The van der Waals surface area contributed by atoms with E-state index in [1.165, 1.54) is 16.7 Å². The van der Waals surface area contributed by atoms with Crippen LogP contribution in [-0.2, 0) is 9.53 Å². The second-order valence-electron chi connectivity index (χ2n) is 9.52. The number of nitrogens with one attached hydrogen (secondary N) is 2. The second kappa shape index (κ2) is 14.1. The van der Waals surface area contributed by atoms with Gasteiger partial charge in [-0.2, -0.15) is 0 Å². The quantitative estimate of drug-likeness (QED) is 0.262. The van der Waals surface area contributed by atoms with Gasteiger partial charge in [0.1, 0.15) is 6.29 Å². The van der Waals surface area contributed by atoms with Gasteiger partial charge in [0.25, 0.3) is 0 Å². The largest absolute Gasteiger partial charge is 0.449 e. The summed E-state index contributed by atoms with van der Waals surface area (Å²) in [5, 5.41) is 5.51. The fraction of sp³-hybridized carbons (Fsp3) is 0.323. The molecule has 1 heterocycles. The molecule has 0 unspecified atom stereocenters. The zero-order chi connectivity index (χ0) is 26.6. The number of hydrogen-bond donors (Lipinski definition) is 2. The van der Waals surface area contributed by atoms with Gasteiger partial charge in [-0.25, -0.2) is 4.79 Å². The average Bonchev–Trinajstić information content (AvgIpc) is 2.97. The third-order valence-electron chi connectivity index (χ3n) is 6.90. The number of aldehydes is 1. The molecule has 7 nitrogen and oxygen atoms in total. The molecule has 0 saturated carbocycles. The van der Waals surface area contributed by atoms with Crippen LogP contribution in [0.4, 0.5) is 10.5 Å². The van der Waals surface area contributed by atoms with Crippen LogP contribution in [0.3, 0.4) is 0 Å². The molecule has 1 aliphatic rings. The minimum Gasteiger partial charge on any atom is -0.449 e. The molecule has 0 atom stereocenters. The predicted octanol–water partition coefficient (Wildman–Crippen LogP) is 5.49.